The molecule has 0 aliphatic heterocycles. The van der Waals surface area contributed by atoms with Crippen LogP contribution in [0.2, 0.25) is 0 Å². The Bertz CT molecular complexity index is 498. The van der Waals surface area contributed by atoms with Gasteiger partial charge in [0.2, 0.25) is 0 Å². The van der Waals surface area contributed by atoms with E-state index in [0.29, 0.717) is 0 Å². The minimum Gasteiger partial charge on any atom is -0.497 e. The number of hydrogen-bond donors (Lipinski definition) is 1. The molecular formula is C12H15N3OS. The summed E-state index contributed by atoms with van der Waals surface area (Å²) < 4.78 is 9.22. The first-order valence-electron chi connectivity index (χ1n) is 5.36. The molecule has 0 radical (unpaired) electrons. The number of aromatic nitrogens is 2. The lowest BCUT2D eigenvalue weighted by Crippen LogP contribution is -2.17. The van der Waals surface area contributed by atoms with E-state index in [1.165, 1.54) is 11.5 Å². The van der Waals surface area contributed by atoms with Crippen LogP contribution in [0.3, 0.4) is 0 Å². The fraction of sp³-hybridized carbons (Fsp3) is 0.333. The van der Waals surface area contributed by atoms with Crippen molar-refractivity contribution in [2.75, 3.05) is 14.2 Å². The highest BCUT2D eigenvalue weighted by atomic mass is 32.1. The summed E-state index contributed by atoms with van der Waals surface area (Å²) in [5.74, 6) is 0.859. The van der Waals surface area contributed by atoms with Crippen LogP contribution in [0.25, 0.3) is 0 Å². The average Bonchev–Trinajstić information content (AvgIpc) is 2.77. The van der Waals surface area contributed by atoms with Crippen LogP contribution in [0.15, 0.2) is 24.3 Å². The highest BCUT2D eigenvalue weighted by molar-refractivity contribution is 7.05. The van der Waals surface area contributed by atoms with Crippen LogP contribution in [0.1, 0.15) is 22.2 Å². The second-order valence-corrected chi connectivity index (χ2v) is 4.51. The van der Waals surface area contributed by atoms with Crippen molar-refractivity contribution in [3.05, 3.63) is 40.4 Å². The van der Waals surface area contributed by atoms with E-state index < -0.39 is 0 Å². The summed E-state index contributed by atoms with van der Waals surface area (Å²) in [6, 6.07) is 8.14. The maximum absolute atomic E-state index is 5.24. The molecule has 2 aromatic rings. The number of benzene rings is 1. The van der Waals surface area contributed by atoms with E-state index in [0.717, 1.165) is 21.9 Å². The molecule has 0 spiro atoms. The minimum atomic E-state index is 0.116. The molecule has 90 valence electrons. The predicted molar refractivity (Wildman–Crippen MR) is 68.5 cm³/mol. The number of rotatable bonds is 4. The van der Waals surface area contributed by atoms with Crippen LogP contribution in [0, 0.1) is 6.92 Å². The lowest BCUT2D eigenvalue weighted by atomic mass is 10.0. The number of aryl methyl sites for hydroxylation is 1. The topological polar surface area (TPSA) is 47.0 Å². The molecule has 0 saturated heterocycles. The molecule has 2 rings (SSSR count). The van der Waals surface area contributed by atoms with E-state index in [4.69, 9.17) is 4.74 Å². The van der Waals surface area contributed by atoms with Crippen molar-refractivity contribution in [1.82, 2.24) is 14.9 Å². The van der Waals surface area contributed by atoms with Crippen molar-refractivity contribution in [3.63, 3.8) is 0 Å². The summed E-state index contributed by atoms with van der Waals surface area (Å²) >= 11 is 1.43. The molecule has 1 N–H and O–H groups in total. The summed E-state index contributed by atoms with van der Waals surface area (Å²) in [4.78, 5) is 1.14. The third-order valence-corrected chi connectivity index (χ3v) is 3.56. The molecule has 5 heteroatoms. The zero-order valence-electron chi connectivity index (χ0n) is 10.1. The Kier molecular flexibility index (Phi) is 3.71. The molecule has 1 unspecified atom stereocenters. The third-order valence-electron chi connectivity index (χ3n) is 2.66. The maximum Gasteiger partial charge on any atom is 0.119 e. The summed E-state index contributed by atoms with van der Waals surface area (Å²) in [6.07, 6.45) is 0. The Hall–Kier alpha value is -1.46. The largest absolute Gasteiger partial charge is 0.497 e. The smallest absolute Gasteiger partial charge is 0.119 e. The van der Waals surface area contributed by atoms with Crippen LogP contribution >= 0.6 is 11.5 Å². The number of hydrogen-bond acceptors (Lipinski definition) is 5. The van der Waals surface area contributed by atoms with E-state index in [-0.39, 0.29) is 6.04 Å². The predicted octanol–water partition coefficient (Wildman–Crippen LogP) is 2.16. The standard InChI is InChI=1S/C12H15N3OS/c1-8-12(17-15-14-8)11(13-2)9-5-4-6-10(7-9)16-3/h4-7,11,13H,1-3H3. The lowest BCUT2D eigenvalue weighted by molar-refractivity contribution is 0.414. The molecule has 17 heavy (non-hydrogen) atoms. The molecule has 0 aliphatic rings. The van der Waals surface area contributed by atoms with E-state index in [9.17, 15) is 0 Å². The van der Waals surface area contributed by atoms with E-state index in [1.807, 2.05) is 32.2 Å². The van der Waals surface area contributed by atoms with Gasteiger partial charge in [0.15, 0.2) is 0 Å². The van der Waals surface area contributed by atoms with Crippen LogP contribution < -0.4 is 10.1 Å². The monoisotopic (exact) mass is 249 g/mol. The van der Waals surface area contributed by atoms with E-state index in [2.05, 4.69) is 21.0 Å². The van der Waals surface area contributed by atoms with Gasteiger partial charge in [0.05, 0.1) is 23.7 Å². The first-order chi connectivity index (χ1) is 8.26. The third kappa shape index (κ3) is 2.45. The number of nitrogens with one attached hydrogen (secondary N) is 1. The van der Waals surface area contributed by atoms with Crippen LogP contribution in [-0.2, 0) is 0 Å². The second kappa shape index (κ2) is 5.25. The van der Waals surface area contributed by atoms with Gasteiger partial charge in [-0.25, -0.2) is 0 Å². The molecule has 1 heterocycles. The molecule has 4 nitrogen and oxygen atoms in total. The molecule has 1 atom stereocenters. The zero-order valence-corrected chi connectivity index (χ0v) is 10.9. The van der Waals surface area contributed by atoms with Gasteiger partial charge in [0.25, 0.3) is 0 Å². The van der Waals surface area contributed by atoms with Crippen molar-refractivity contribution in [2.45, 2.75) is 13.0 Å². The van der Waals surface area contributed by atoms with Gasteiger partial charge in [-0.1, -0.05) is 16.6 Å². The minimum absolute atomic E-state index is 0.116. The molecular weight excluding hydrogens is 234 g/mol. The fourth-order valence-corrected chi connectivity index (χ4v) is 2.56. The van der Waals surface area contributed by atoms with Gasteiger partial charge in [-0.05, 0) is 43.2 Å². The first kappa shape index (κ1) is 12.0. The molecule has 0 bridgehead atoms. The number of methoxy groups -OCH3 is 1. The fourth-order valence-electron chi connectivity index (χ4n) is 1.77. The van der Waals surface area contributed by atoms with Gasteiger partial charge in [0.1, 0.15) is 5.75 Å². The Morgan fingerprint density at radius 2 is 2.24 bits per heavy atom. The molecule has 0 aliphatic carbocycles. The van der Waals surface area contributed by atoms with Gasteiger partial charge in [-0.2, -0.15) is 0 Å². The van der Waals surface area contributed by atoms with Crippen LogP contribution in [0.4, 0.5) is 0 Å². The number of nitrogens with zero attached hydrogens (tertiary/aromatic N) is 2. The van der Waals surface area contributed by atoms with Crippen molar-refractivity contribution in [3.8, 4) is 5.75 Å². The zero-order chi connectivity index (χ0) is 12.3. The van der Waals surface area contributed by atoms with Crippen molar-refractivity contribution in [1.29, 1.82) is 0 Å². The molecule has 0 fully saturated rings. The van der Waals surface area contributed by atoms with Crippen LogP contribution in [0.5, 0.6) is 5.75 Å². The Balaban J connectivity index is 2.38. The molecule has 0 amide bonds. The SMILES string of the molecule is CNC(c1cccc(OC)c1)c1snnc1C. The van der Waals surface area contributed by atoms with Gasteiger partial charge in [-0.15, -0.1) is 5.10 Å². The second-order valence-electron chi connectivity index (χ2n) is 3.72. The summed E-state index contributed by atoms with van der Waals surface area (Å²) in [7, 11) is 3.61. The summed E-state index contributed by atoms with van der Waals surface area (Å²) in [5.41, 5.74) is 2.12. The maximum atomic E-state index is 5.24. The van der Waals surface area contributed by atoms with Crippen LogP contribution in [-0.4, -0.2) is 23.7 Å². The highest BCUT2D eigenvalue weighted by Gasteiger charge is 2.17. The van der Waals surface area contributed by atoms with Gasteiger partial charge >= 0.3 is 0 Å². The molecule has 1 aromatic heterocycles. The Morgan fingerprint density at radius 1 is 1.41 bits per heavy atom. The number of ether oxygens (including phenoxy) is 1. The highest BCUT2D eigenvalue weighted by Crippen LogP contribution is 2.28. The van der Waals surface area contributed by atoms with Crippen molar-refractivity contribution < 1.29 is 4.74 Å². The average molecular weight is 249 g/mol. The summed E-state index contributed by atoms with van der Waals surface area (Å²) in [6.45, 7) is 1.98. The van der Waals surface area contributed by atoms with E-state index in [1.54, 1.807) is 7.11 Å². The normalized spacial score (nSPS) is 12.4. The van der Waals surface area contributed by atoms with Gasteiger partial charge in [0, 0.05) is 0 Å². The van der Waals surface area contributed by atoms with Crippen molar-refractivity contribution >= 4 is 11.5 Å². The Morgan fingerprint density at radius 3 is 2.82 bits per heavy atom. The van der Waals surface area contributed by atoms with E-state index >= 15 is 0 Å². The van der Waals surface area contributed by atoms with Gasteiger partial charge in [-0.3, -0.25) is 0 Å². The first-order valence-corrected chi connectivity index (χ1v) is 6.13. The van der Waals surface area contributed by atoms with Crippen molar-refractivity contribution in [2.24, 2.45) is 0 Å². The lowest BCUT2D eigenvalue weighted by Gasteiger charge is -2.15. The molecule has 0 saturated carbocycles. The quantitative estimate of drug-likeness (QED) is 0.902. The van der Waals surface area contributed by atoms with Gasteiger partial charge < -0.3 is 10.1 Å². The molecule has 1 aromatic carbocycles. The summed E-state index contributed by atoms with van der Waals surface area (Å²) in [5, 5.41) is 7.34. The Labute approximate surface area is 105 Å².